The lowest BCUT2D eigenvalue weighted by atomic mass is 10.1. The van der Waals surface area contributed by atoms with Gasteiger partial charge >= 0.3 is 0 Å². The molecule has 0 bridgehead atoms. The number of thioether (sulfide) groups is 1. The molecule has 1 heterocycles. The molecule has 0 aliphatic heterocycles. The molecule has 0 aliphatic carbocycles. The first kappa shape index (κ1) is 28.1. The summed E-state index contributed by atoms with van der Waals surface area (Å²) >= 11 is 4.96. The highest BCUT2D eigenvalue weighted by atomic mass is 79.9. The van der Waals surface area contributed by atoms with Crippen molar-refractivity contribution in [3.8, 4) is 5.75 Å². The fourth-order valence-corrected chi connectivity index (χ4v) is 4.27. The van der Waals surface area contributed by atoms with Crippen LogP contribution in [0.3, 0.4) is 0 Å². The van der Waals surface area contributed by atoms with Gasteiger partial charge in [0.2, 0.25) is 11.5 Å². The summed E-state index contributed by atoms with van der Waals surface area (Å²) in [7, 11) is 1.55. The van der Waals surface area contributed by atoms with Crippen LogP contribution in [-0.2, 0) is 16.2 Å². The number of ether oxygens (including phenoxy) is 1. The maximum absolute atomic E-state index is 13.3. The van der Waals surface area contributed by atoms with Crippen molar-refractivity contribution in [3.63, 3.8) is 0 Å². The molecule has 11 heteroatoms. The van der Waals surface area contributed by atoms with E-state index in [1.54, 1.807) is 13.2 Å². The lowest BCUT2D eigenvalue weighted by Crippen LogP contribution is -2.26. The Hall–Kier alpha value is -2.14. The van der Waals surface area contributed by atoms with Gasteiger partial charge in [0.25, 0.3) is 5.91 Å². The van der Waals surface area contributed by atoms with Crippen LogP contribution in [0, 0.1) is 5.92 Å². The van der Waals surface area contributed by atoms with Crippen LogP contribution in [0.2, 0.25) is 0 Å². The number of hydrogen-bond acceptors (Lipinski definition) is 8. The average Bonchev–Trinajstić information content (AvgIpc) is 3.27. The molecule has 2 rings (SSSR count). The van der Waals surface area contributed by atoms with E-state index in [0.29, 0.717) is 24.6 Å². The number of methoxy groups -OCH3 is 1. The highest BCUT2D eigenvalue weighted by Crippen LogP contribution is 2.37. The normalized spacial score (nSPS) is 11.7. The molecule has 34 heavy (non-hydrogen) atoms. The van der Waals surface area contributed by atoms with Gasteiger partial charge in [-0.05, 0) is 35.9 Å². The molecule has 0 fully saturated rings. The maximum atomic E-state index is 13.3. The number of halogens is 1. The largest absolute Gasteiger partial charge is 0.494 e. The zero-order valence-corrected chi connectivity index (χ0v) is 23.0. The molecule has 0 saturated carbocycles. The van der Waals surface area contributed by atoms with Crippen LogP contribution in [-0.4, -0.2) is 51.8 Å². The molecule has 1 N–H and O–H groups in total. The first-order chi connectivity index (χ1) is 16.4. The maximum Gasteiger partial charge on any atom is 0.281 e. The lowest BCUT2D eigenvalue weighted by molar-refractivity contribution is -0.110. The summed E-state index contributed by atoms with van der Waals surface area (Å²) in [6, 6.07) is 3.69. The summed E-state index contributed by atoms with van der Waals surface area (Å²) in [6.07, 6.45) is 8.91. The van der Waals surface area contributed by atoms with E-state index in [4.69, 9.17) is 9.57 Å². The van der Waals surface area contributed by atoms with Gasteiger partial charge in [-0.2, -0.15) is 4.80 Å². The summed E-state index contributed by atoms with van der Waals surface area (Å²) in [4.78, 5) is 21.0. The van der Waals surface area contributed by atoms with Crippen molar-refractivity contribution in [2.75, 3.05) is 25.3 Å². The molecule has 0 spiro atoms. The molecule has 2 aromatic rings. The van der Waals surface area contributed by atoms with Crippen molar-refractivity contribution >= 4 is 45.0 Å². The Morgan fingerprint density at radius 1 is 1.24 bits per heavy atom. The van der Waals surface area contributed by atoms with Crippen molar-refractivity contribution in [2.45, 2.75) is 70.7 Å². The molecule has 0 atom stereocenters. The zero-order chi connectivity index (χ0) is 24.9. The number of carbonyl (C=O) groups excluding carboxylic acids is 1. The van der Waals surface area contributed by atoms with Crippen LogP contribution >= 0.6 is 27.7 Å². The molecule has 0 aliphatic rings. The monoisotopic (exact) mass is 554 g/mol. The molecule has 0 unspecified atom stereocenters. The summed E-state index contributed by atoms with van der Waals surface area (Å²) in [5.41, 5.74) is 0.506. The van der Waals surface area contributed by atoms with Crippen LogP contribution in [0.15, 0.2) is 26.7 Å². The smallest absolute Gasteiger partial charge is 0.281 e. The van der Waals surface area contributed by atoms with Crippen molar-refractivity contribution in [3.05, 3.63) is 22.4 Å². The highest BCUT2D eigenvalue weighted by Gasteiger charge is 2.24. The average molecular weight is 556 g/mol. The minimum atomic E-state index is -0.501. The number of rotatable bonds is 15. The van der Waals surface area contributed by atoms with E-state index >= 15 is 0 Å². The third-order valence-electron chi connectivity index (χ3n) is 4.86. The molecule has 1 amide bonds. The van der Waals surface area contributed by atoms with Crippen LogP contribution in [0.5, 0.6) is 5.75 Å². The lowest BCUT2D eigenvalue weighted by Gasteiger charge is -2.14. The van der Waals surface area contributed by atoms with Gasteiger partial charge < -0.3 is 14.9 Å². The number of unbranched alkanes of at least 4 members (excludes halogenated alkanes) is 5. The second-order valence-corrected chi connectivity index (χ2v) is 10.0. The van der Waals surface area contributed by atoms with Gasteiger partial charge in [-0.1, -0.05) is 74.0 Å². The van der Waals surface area contributed by atoms with Crippen LogP contribution in [0.1, 0.15) is 65.1 Å². The van der Waals surface area contributed by atoms with E-state index < -0.39 is 5.91 Å². The van der Waals surface area contributed by atoms with E-state index in [2.05, 4.69) is 48.7 Å². The molecular formula is C23H35BrN6O3S. The number of oxime groups is 1. The minimum Gasteiger partial charge on any atom is -0.494 e. The van der Waals surface area contributed by atoms with E-state index in [9.17, 15) is 4.79 Å². The van der Waals surface area contributed by atoms with Crippen molar-refractivity contribution < 1.29 is 14.4 Å². The minimum absolute atomic E-state index is 0.0353. The molecule has 188 valence electrons. The first-order valence-electron chi connectivity index (χ1n) is 11.6. The Bertz CT molecular complexity index is 926. The number of tetrazole rings is 1. The van der Waals surface area contributed by atoms with Gasteiger partial charge in [0.05, 0.1) is 19.3 Å². The summed E-state index contributed by atoms with van der Waals surface area (Å²) in [6.45, 7) is 7.21. The topological polar surface area (TPSA) is 104 Å². The number of hydrogen-bond donors (Lipinski definition) is 1. The Morgan fingerprint density at radius 2 is 1.97 bits per heavy atom. The van der Waals surface area contributed by atoms with Crippen molar-refractivity contribution in [2.24, 2.45) is 11.1 Å². The number of carbonyl (C=O) groups is 1. The number of aryl methyl sites for hydroxylation is 1. The first-order valence-corrected chi connectivity index (χ1v) is 13.6. The van der Waals surface area contributed by atoms with Crippen molar-refractivity contribution in [1.29, 1.82) is 0 Å². The Balaban J connectivity index is 2.19. The predicted octanol–water partition coefficient (Wildman–Crippen LogP) is 5.54. The van der Waals surface area contributed by atoms with Crippen LogP contribution in [0.25, 0.3) is 0 Å². The molecule has 0 radical (unpaired) electrons. The van der Waals surface area contributed by atoms with Gasteiger partial charge in [0.15, 0.2) is 0 Å². The third-order valence-corrected chi connectivity index (χ3v) is 6.08. The molecule has 1 aromatic carbocycles. The van der Waals surface area contributed by atoms with Gasteiger partial charge in [0.1, 0.15) is 12.4 Å². The molecule has 0 saturated heterocycles. The van der Waals surface area contributed by atoms with E-state index in [0.717, 1.165) is 22.2 Å². The van der Waals surface area contributed by atoms with Crippen LogP contribution < -0.4 is 10.1 Å². The summed E-state index contributed by atoms with van der Waals surface area (Å²) < 4.78 is 6.32. The Kier molecular flexibility index (Phi) is 12.4. The SMILES string of the molecule is CCCCCCCCn1nnc(/C(=N\OCC(C)C)C(=O)Nc2c(OC)cc(Br)cc2SC)n1. The fraction of sp³-hybridized carbons (Fsp3) is 0.609. The highest BCUT2D eigenvalue weighted by molar-refractivity contribution is 9.10. The number of anilines is 1. The predicted molar refractivity (Wildman–Crippen MR) is 140 cm³/mol. The number of aromatic nitrogens is 4. The summed E-state index contributed by atoms with van der Waals surface area (Å²) in [5, 5.41) is 19.5. The molecule has 9 nitrogen and oxygen atoms in total. The molecular weight excluding hydrogens is 520 g/mol. The van der Waals surface area contributed by atoms with Gasteiger partial charge in [-0.15, -0.1) is 22.0 Å². The number of benzene rings is 1. The van der Waals surface area contributed by atoms with Gasteiger partial charge in [0, 0.05) is 9.37 Å². The second-order valence-electron chi connectivity index (χ2n) is 8.25. The van der Waals surface area contributed by atoms with E-state index in [-0.39, 0.29) is 17.5 Å². The van der Waals surface area contributed by atoms with Crippen molar-refractivity contribution in [1.82, 2.24) is 20.2 Å². The Morgan fingerprint density at radius 3 is 2.65 bits per heavy atom. The quantitative estimate of drug-likeness (QED) is 0.133. The summed E-state index contributed by atoms with van der Waals surface area (Å²) in [5.74, 6) is 0.390. The van der Waals surface area contributed by atoms with Gasteiger partial charge in [-0.25, -0.2) is 0 Å². The number of nitrogens with one attached hydrogen (secondary N) is 1. The number of amides is 1. The fourth-order valence-electron chi connectivity index (χ4n) is 3.08. The van der Waals surface area contributed by atoms with Crippen LogP contribution in [0.4, 0.5) is 5.69 Å². The standard InChI is InChI=1S/C23H35BrN6O3S/c1-6-7-8-9-10-11-12-30-27-22(26-29-30)21(28-33-15-16(2)3)23(31)25-20-18(32-4)13-17(24)14-19(20)34-5/h13-14,16H,6-12,15H2,1-5H3,(H,25,31)/b28-21+. The molecule has 1 aromatic heterocycles. The van der Waals surface area contributed by atoms with E-state index in [1.165, 1.54) is 42.2 Å². The third kappa shape index (κ3) is 8.90. The Labute approximate surface area is 214 Å². The van der Waals surface area contributed by atoms with E-state index in [1.807, 2.05) is 26.2 Å². The number of nitrogens with zero attached hydrogens (tertiary/aromatic N) is 5. The zero-order valence-electron chi connectivity index (χ0n) is 20.6. The second kappa shape index (κ2) is 15.0. The van der Waals surface area contributed by atoms with Gasteiger partial charge in [-0.3, -0.25) is 4.79 Å².